The number of alkyl halides is 3. The van der Waals surface area contributed by atoms with E-state index in [0.29, 0.717) is 22.3 Å². The molecule has 0 unspecified atom stereocenters. The molecule has 17 heteroatoms. The SMILES string of the molecule is C#CCN(Cc1cc2c(=O)[nH]c(C)nc2cc1C)c1ccc(C(=O)N[C@@H](CCC(=O)NS(=O)(=O)C(F)(F)F)C(=O)O)c(F)c1. The van der Waals surface area contributed by atoms with Gasteiger partial charge in [0.25, 0.3) is 11.5 Å². The number of sulfonamides is 1. The number of fused-ring (bicyclic) bond motifs is 1. The Bertz CT molecular complexity index is 1830. The molecule has 4 N–H and O–H groups in total. The van der Waals surface area contributed by atoms with Crippen LogP contribution < -0.4 is 20.5 Å². The van der Waals surface area contributed by atoms with Crippen LogP contribution >= 0.6 is 0 Å². The molecule has 44 heavy (non-hydrogen) atoms. The Morgan fingerprint density at radius 2 is 1.86 bits per heavy atom. The normalized spacial score (nSPS) is 12.3. The monoisotopic (exact) mass is 639 g/mol. The average Bonchev–Trinajstić information content (AvgIpc) is 2.90. The molecule has 0 aliphatic heterocycles. The van der Waals surface area contributed by atoms with Gasteiger partial charge in [0.2, 0.25) is 5.91 Å². The summed E-state index contributed by atoms with van der Waals surface area (Å²) in [4.78, 5) is 56.8. The highest BCUT2D eigenvalue weighted by Crippen LogP contribution is 2.24. The van der Waals surface area contributed by atoms with Crippen LogP contribution in [0.1, 0.15) is 40.2 Å². The molecule has 2 amide bonds. The lowest BCUT2D eigenvalue weighted by Gasteiger charge is -2.24. The van der Waals surface area contributed by atoms with E-state index in [1.807, 2.05) is 5.32 Å². The molecule has 0 aliphatic carbocycles. The zero-order valence-electron chi connectivity index (χ0n) is 23.1. The van der Waals surface area contributed by atoms with Gasteiger partial charge in [-0.25, -0.2) is 18.9 Å². The molecule has 0 radical (unpaired) electrons. The number of carbonyl (C=O) groups excluding carboxylic acids is 2. The van der Waals surface area contributed by atoms with Gasteiger partial charge in [-0.1, -0.05) is 5.92 Å². The molecule has 12 nitrogen and oxygen atoms in total. The number of hydrogen-bond donors (Lipinski definition) is 4. The lowest BCUT2D eigenvalue weighted by molar-refractivity contribution is -0.139. The fraction of sp³-hybridized carbons (Fsp3) is 0.296. The number of H-pyrrole nitrogens is 1. The first-order valence-corrected chi connectivity index (χ1v) is 14.1. The van der Waals surface area contributed by atoms with Crippen LogP contribution in [-0.4, -0.2) is 59.4 Å². The molecule has 0 saturated heterocycles. The van der Waals surface area contributed by atoms with Crippen LogP contribution in [0.5, 0.6) is 0 Å². The van der Waals surface area contributed by atoms with Crippen LogP contribution in [0.15, 0.2) is 35.1 Å². The van der Waals surface area contributed by atoms with Crippen LogP contribution in [0.3, 0.4) is 0 Å². The third-order valence-corrected chi connectivity index (χ3v) is 7.41. The number of amides is 2. The van der Waals surface area contributed by atoms with Crippen molar-refractivity contribution in [1.29, 1.82) is 0 Å². The van der Waals surface area contributed by atoms with Crippen molar-refractivity contribution in [2.45, 2.75) is 44.8 Å². The van der Waals surface area contributed by atoms with Crippen LogP contribution in [-0.2, 0) is 26.2 Å². The maximum absolute atomic E-state index is 15.1. The second kappa shape index (κ2) is 13.1. The smallest absolute Gasteiger partial charge is 0.480 e. The molecule has 234 valence electrons. The summed E-state index contributed by atoms with van der Waals surface area (Å²) in [6.45, 7) is 3.58. The largest absolute Gasteiger partial charge is 0.516 e. The summed E-state index contributed by atoms with van der Waals surface area (Å²) >= 11 is 0. The first-order chi connectivity index (χ1) is 20.4. The Morgan fingerprint density at radius 1 is 1.18 bits per heavy atom. The fourth-order valence-corrected chi connectivity index (χ4v) is 4.61. The predicted molar refractivity (Wildman–Crippen MR) is 149 cm³/mol. The highest BCUT2D eigenvalue weighted by molar-refractivity contribution is 7.90. The molecule has 3 rings (SSSR count). The van der Waals surface area contributed by atoms with Gasteiger partial charge in [0.1, 0.15) is 17.7 Å². The number of nitrogens with one attached hydrogen (secondary N) is 3. The van der Waals surface area contributed by atoms with Gasteiger partial charge < -0.3 is 20.3 Å². The minimum absolute atomic E-state index is 0.00181. The molecular formula is C27H25F4N5O7S. The van der Waals surface area contributed by atoms with Gasteiger partial charge in [0, 0.05) is 18.7 Å². The second-order valence-electron chi connectivity index (χ2n) is 9.55. The van der Waals surface area contributed by atoms with Crippen molar-refractivity contribution in [3.8, 4) is 12.3 Å². The highest BCUT2D eigenvalue weighted by Gasteiger charge is 2.47. The third-order valence-electron chi connectivity index (χ3n) is 6.30. The van der Waals surface area contributed by atoms with Crippen molar-refractivity contribution < 1.29 is 45.5 Å². The van der Waals surface area contributed by atoms with Crippen LogP contribution in [0.25, 0.3) is 10.9 Å². The summed E-state index contributed by atoms with van der Waals surface area (Å²) in [5.41, 5.74) is -4.52. The summed E-state index contributed by atoms with van der Waals surface area (Å²) in [5.74, 6) is -2.78. The van der Waals surface area contributed by atoms with Crippen LogP contribution in [0.2, 0.25) is 0 Å². The van der Waals surface area contributed by atoms with Crippen molar-refractivity contribution in [3.05, 3.63) is 69.0 Å². The van der Waals surface area contributed by atoms with Gasteiger partial charge in [0.05, 0.1) is 23.0 Å². The first-order valence-electron chi connectivity index (χ1n) is 12.6. The molecule has 0 fully saturated rings. The zero-order chi connectivity index (χ0) is 33.0. The van der Waals surface area contributed by atoms with Gasteiger partial charge in [-0.05, 0) is 61.7 Å². The number of rotatable bonds is 11. The number of anilines is 1. The number of carbonyl (C=O) groups is 3. The Hall–Kier alpha value is -4.98. The van der Waals surface area contributed by atoms with Crippen LogP contribution in [0, 0.1) is 32.0 Å². The number of terminal acetylenes is 1. The Kier molecular flexibility index (Phi) is 10.00. The van der Waals surface area contributed by atoms with Crippen molar-refractivity contribution in [1.82, 2.24) is 20.0 Å². The van der Waals surface area contributed by atoms with E-state index in [9.17, 15) is 45.9 Å². The molecule has 1 atom stereocenters. The Morgan fingerprint density at radius 3 is 2.45 bits per heavy atom. The van der Waals surface area contributed by atoms with Gasteiger partial charge in [-0.3, -0.25) is 14.4 Å². The van der Waals surface area contributed by atoms with E-state index in [4.69, 9.17) is 6.42 Å². The summed E-state index contributed by atoms with van der Waals surface area (Å²) in [7, 11) is -6.01. The maximum Gasteiger partial charge on any atom is 0.516 e. The van der Waals surface area contributed by atoms with E-state index in [-0.39, 0.29) is 24.3 Å². The van der Waals surface area contributed by atoms with Gasteiger partial charge in [-0.2, -0.15) is 21.6 Å². The van der Waals surface area contributed by atoms with Gasteiger partial charge in [-0.15, -0.1) is 6.42 Å². The zero-order valence-corrected chi connectivity index (χ0v) is 23.9. The summed E-state index contributed by atoms with van der Waals surface area (Å²) < 4.78 is 75.2. The molecule has 2 aromatic carbocycles. The number of benzene rings is 2. The second-order valence-corrected chi connectivity index (χ2v) is 11.2. The third kappa shape index (κ3) is 7.89. The highest BCUT2D eigenvalue weighted by atomic mass is 32.2. The quantitative estimate of drug-likeness (QED) is 0.181. The topological polar surface area (TPSA) is 179 Å². The van der Waals surface area contributed by atoms with Crippen molar-refractivity contribution in [2.24, 2.45) is 0 Å². The molecule has 0 spiro atoms. The minimum atomic E-state index is -6.01. The minimum Gasteiger partial charge on any atom is -0.480 e. The van der Waals surface area contributed by atoms with Crippen molar-refractivity contribution in [2.75, 3.05) is 11.4 Å². The number of nitrogens with zero attached hydrogens (tertiary/aromatic N) is 2. The Labute approximate surface area is 247 Å². The summed E-state index contributed by atoms with van der Waals surface area (Å²) in [6, 6.07) is 4.86. The van der Waals surface area contributed by atoms with E-state index in [0.717, 1.165) is 22.4 Å². The molecule has 1 aromatic heterocycles. The molecule has 0 aliphatic rings. The van der Waals surface area contributed by atoms with Crippen molar-refractivity contribution >= 4 is 44.4 Å². The van der Waals surface area contributed by atoms with E-state index in [1.54, 1.807) is 30.9 Å². The van der Waals surface area contributed by atoms with Crippen molar-refractivity contribution in [3.63, 3.8) is 0 Å². The molecule has 1 heterocycles. The van der Waals surface area contributed by atoms with Gasteiger partial charge in [0.15, 0.2) is 0 Å². The molecule has 0 bridgehead atoms. The number of aryl methyl sites for hydroxylation is 2. The Balaban J connectivity index is 1.77. The number of carboxylic acids is 1. The number of halogens is 4. The molecular weight excluding hydrogens is 614 g/mol. The van der Waals surface area contributed by atoms with Gasteiger partial charge >= 0.3 is 21.5 Å². The molecule has 0 saturated carbocycles. The number of aromatic amines is 1. The summed E-state index contributed by atoms with van der Waals surface area (Å²) in [6.07, 6.45) is 3.68. The van der Waals surface area contributed by atoms with E-state index in [2.05, 4.69) is 15.9 Å². The molecule has 3 aromatic rings. The standard InChI is InChI=1S/C27H25F4N5O7S/c1-4-9-36(13-16-11-19-22(10-14(16)2)32-15(3)33-25(19)39)17-5-6-18(20(28)12-17)24(38)34-21(26(40)41)7-8-23(37)35-44(42,43)27(29,30)31/h1,5-6,10-12,21H,7-9,13H2,2-3H3,(H,34,38)(H,35,37)(H,40,41)(H,32,33,39)/t21-/m0/s1. The van der Waals surface area contributed by atoms with E-state index < -0.39 is 63.6 Å². The number of aliphatic carboxylic acids is 1. The first kappa shape index (κ1) is 33.5. The number of carboxylic acid groups (broad SMARTS) is 1. The fourth-order valence-electron chi connectivity index (χ4n) is 4.09. The van der Waals surface area contributed by atoms with Crippen LogP contribution in [0.4, 0.5) is 23.2 Å². The van der Waals surface area contributed by atoms with E-state index in [1.165, 1.54) is 6.07 Å². The maximum atomic E-state index is 15.1. The summed E-state index contributed by atoms with van der Waals surface area (Å²) in [5, 5.41) is 11.6. The lowest BCUT2D eigenvalue weighted by Crippen LogP contribution is -2.43. The van der Waals surface area contributed by atoms with E-state index >= 15 is 4.39 Å². The average molecular weight is 640 g/mol. The predicted octanol–water partition coefficient (Wildman–Crippen LogP) is 2.25. The number of hydrogen-bond acceptors (Lipinski definition) is 8. The lowest BCUT2D eigenvalue weighted by atomic mass is 10.0. The number of aromatic nitrogens is 2.